The number of likely N-dealkylation sites (tertiary alicyclic amines) is 1. The van der Waals surface area contributed by atoms with Crippen LogP contribution >= 0.6 is 11.8 Å². The van der Waals surface area contributed by atoms with Gasteiger partial charge in [-0.15, -0.1) is 0 Å². The molecule has 5 atom stereocenters. The molecule has 3 unspecified atom stereocenters. The van der Waals surface area contributed by atoms with E-state index >= 15 is 0 Å². The summed E-state index contributed by atoms with van der Waals surface area (Å²) in [7, 11) is 0. The van der Waals surface area contributed by atoms with Crippen LogP contribution in [0, 0.1) is 5.92 Å². The molecule has 0 bridgehead atoms. The molecule has 0 spiro atoms. The number of carbonyl (C=O) groups is 3. The number of β-amino-alcohol motifs (C(OH)–C–C–N with tert-alkyl or cyclic N) is 1. The van der Waals surface area contributed by atoms with Crippen LogP contribution in [0.25, 0.3) is 11.1 Å². The van der Waals surface area contributed by atoms with Crippen molar-refractivity contribution in [2.24, 2.45) is 5.92 Å². The summed E-state index contributed by atoms with van der Waals surface area (Å²) >= 11 is 1.43. The van der Waals surface area contributed by atoms with Crippen molar-refractivity contribution in [3.63, 3.8) is 0 Å². The largest absolute Gasteiger partial charge is 0.444 e. The van der Waals surface area contributed by atoms with E-state index in [1.807, 2.05) is 47.4 Å². The van der Waals surface area contributed by atoms with Gasteiger partial charge in [-0.2, -0.15) is 0 Å². The molecule has 0 saturated carbocycles. The molecule has 3 saturated heterocycles. The summed E-state index contributed by atoms with van der Waals surface area (Å²) in [6, 6.07) is 17.3. The Morgan fingerprint density at radius 1 is 1.05 bits per heavy atom. The molecular formula is C31H37N5O5S. The molecule has 10 nitrogen and oxygen atoms in total. The zero-order chi connectivity index (χ0) is 29.6. The lowest BCUT2D eigenvalue weighted by molar-refractivity contribution is -0.119. The van der Waals surface area contributed by atoms with Crippen LogP contribution in [-0.4, -0.2) is 76.8 Å². The van der Waals surface area contributed by atoms with Crippen LogP contribution < -0.4 is 20.9 Å². The first-order chi connectivity index (χ1) is 20.1. The molecular weight excluding hydrogens is 554 g/mol. The topological polar surface area (TPSA) is 123 Å². The predicted octanol–water partition coefficient (Wildman–Crippen LogP) is 3.63. The van der Waals surface area contributed by atoms with E-state index in [1.54, 1.807) is 20.8 Å². The van der Waals surface area contributed by atoms with Crippen LogP contribution in [0.3, 0.4) is 0 Å². The van der Waals surface area contributed by atoms with Gasteiger partial charge in [0, 0.05) is 23.8 Å². The zero-order valence-corrected chi connectivity index (χ0v) is 24.8. The smallest absolute Gasteiger partial charge is 0.410 e. The van der Waals surface area contributed by atoms with Crippen LogP contribution in [0.5, 0.6) is 0 Å². The SMILES string of the molecule is CC(C)(C)OC(=O)N1CC[C@H](NC(=O)C2=C3NC(=O)N(c4ccc(-c5ccccc5)cc4)C4CCNC(S2)C34)[C@@H](O)C1. The number of anilines is 1. The molecule has 6 rings (SSSR count). The number of rotatable bonds is 4. The maximum atomic E-state index is 13.5. The molecule has 4 amide bonds. The number of nitrogens with one attached hydrogen (secondary N) is 3. The monoisotopic (exact) mass is 591 g/mol. The van der Waals surface area contributed by atoms with Crippen LogP contribution in [0.15, 0.2) is 65.2 Å². The van der Waals surface area contributed by atoms with Gasteiger partial charge in [0.15, 0.2) is 0 Å². The van der Waals surface area contributed by atoms with Crippen LogP contribution in [0.2, 0.25) is 0 Å². The van der Waals surface area contributed by atoms with Gasteiger partial charge in [0.05, 0.1) is 35.0 Å². The van der Waals surface area contributed by atoms with E-state index in [4.69, 9.17) is 4.74 Å². The average Bonchev–Trinajstić information content (AvgIpc) is 3.33. The number of aliphatic hydroxyl groups is 1. The summed E-state index contributed by atoms with van der Waals surface area (Å²) in [5.41, 5.74) is 3.02. The van der Waals surface area contributed by atoms with Gasteiger partial charge < -0.3 is 30.7 Å². The lowest BCUT2D eigenvalue weighted by Gasteiger charge is -2.45. The second kappa shape index (κ2) is 11.3. The van der Waals surface area contributed by atoms with Crippen molar-refractivity contribution < 1.29 is 24.2 Å². The summed E-state index contributed by atoms with van der Waals surface area (Å²) in [6.45, 7) is 6.55. The second-order valence-electron chi connectivity index (χ2n) is 12.2. The van der Waals surface area contributed by atoms with E-state index in [0.29, 0.717) is 23.6 Å². The molecule has 0 aromatic heterocycles. The second-order valence-corrected chi connectivity index (χ2v) is 13.3. The molecule has 42 heavy (non-hydrogen) atoms. The Morgan fingerprint density at radius 2 is 1.76 bits per heavy atom. The average molecular weight is 592 g/mol. The fraction of sp³-hybridized carbons (Fsp3) is 0.452. The molecule has 4 aliphatic rings. The normalized spacial score (nSPS) is 27.3. The first kappa shape index (κ1) is 28.6. The van der Waals surface area contributed by atoms with Gasteiger partial charge in [-0.3, -0.25) is 9.69 Å². The van der Waals surface area contributed by atoms with E-state index in [9.17, 15) is 19.5 Å². The fourth-order valence-electron chi connectivity index (χ4n) is 6.19. The van der Waals surface area contributed by atoms with E-state index < -0.39 is 23.8 Å². The van der Waals surface area contributed by atoms with Gasteiger partial charge in [-0.1, -0.05) is 54.2 Å². The minimum atomic E-state index is -0.935. The number of hydrogen-bond donors (Lipinski definition) is 4. The summed E-state index contributed by atoms with van der Waals surface area (Å²) in [5, 5.41) is 20.3. The third kappa shape index (κ3) is 5.60. The number of carbonyl (C=O) groups excluding carboxylic acids is 3. The fourth-order valence-corrected chi connectivity index (χ4v) is 7.59. The van der Waals surface area contributed by atoms with Crippen molar-refractivity contribution in [3.05, 3.63) is 65.2 Å². The third-order valence-corrected chi connectivity index (χ3v) is 9.50. The number of amides is 4. The van der Waals surface area contributed by atoms with Gasteiger partial charge in [-0.05, 0) is 63.4 Å². The van der Waals surface area contributed by atoms with Crippen LogP contribution in [-0.2, 0) is 9.53 Å². The van der Waals surface area contributed by atoms with Gasteiger partial charge in [0.25, 0.3) is 5.91 Å². The van der Waals surface area contributed by atoms with E-state index in [1.165, 1.54) is 16.7 Å². The Hall–Kier alpha value is -3.54. The van der Waals surface area contributed by atoms with Gasteiger partial charge in [-0.25, -0.2) is 9.59 Å². The summed E-state index contributed by atoms with van der Waals surface area (Å²) in [4.78, 5) is 43.3. The molecule has 0 aliphatic carbocycles. The molecule has 4 N–H and O–H groups in total. The maximum absolute atomic E-state index is 13.5. The Labute approximate surface area is 249 Å². The highest BCUT2D eigenvalue weighted by atomic mass is 32.2. The van der Waals surface area contributed by atoms with Crippen LogP contribution in [0.1, 0.15) is 33.6 Å². The van der Waals surface area contributed by atoms with Gasteiger partial charge in [0.1, 0.15) is 5.60 Å². The molecule has 2 aromatic carbocycles. The number of piperidine rings is 2. The van der Waals surface area contributed by atoms with Crippen molar-refractivity contribution in [3.8, 4) is 11.1 Å². The van der Waals surface area contributed by atoms with Crippen molar-refractivity contribution in [2.75, 3.05) is 24.5 Å². The highest BCUT2D eigenvalue weighted by Gasteiger charge is 2.52. The van der Waals surface area contributed by atoms with Crippen molar-refractivity contribution in [2.45, 2.75) is 62.8 Å². The minimum absolute atomic E-state index is 0.0508. The molecule has 3 fully saturated rings. The highest BCUT2D eigenvalue weighted by Crippen LogP contribution is 2.48. The standard InChI is InChI=1S/C31H37N5O5S/c1-31(2,3)41-30(40)35-16-14-21(23(37)17-35)33-27(38)26-25-24-22(13-15-32-28(24)42-26)36(29(39)34-25)20-11-9-19(10-12-20)18-7-5-4-6-8-18/h4-12,21-24,28,32,37H,13-17H2,1-3H3,(H,33,38)(H,34,39)/t21-,22?,23-,24?,28?/m0/s1. The van der Waals surface area contributed by atoms with Gasteiger partial charge >= 0.3 is 12.1 Å². The van der Waals surface area contributed by atoms with E-state index in [2.05, 4.69) is 28.1 Å². The Bertz CT molecular complexity index is 1390. The molecule has 4 aliphatic heterocycles. The number of aliphatic hydroxyl groups excluding tert-OH is 1. The maximum Gasteiger partial charge on any atom is 0.410 e. The number of thioether (sulfide) groups is 1. The highest BCUT2D eigenvalue weighted by molar-refractivity contribution is 8.04. The minimum Gasteiger partial charge on any atom is -0.444 e. The van der Waals surface area contributed by atoms with Crippen molar-refractivity contribution in [1.82, 2.24) is 20.9 Å². The van der Waals surface area contributed by atoms with Crippen molar-refractivity contribution in [1.29, 1.82) is 0 Å². The third-order valence-electron chi connectivity index (χ3n) is 8.15. The Kier molecular flexibility index (Phi) is 7.67. The molecule has 0 radical (unpaired) electrons. The predicted molar refractivity (Wildman–Crippen MR) is 162 cm³/mol. The molecule has 11 heteroatoms. The number of urea groups is 1. The summed E-state index contributed by atoms with van der Waals surface area (Å²) < 4.78 is 5.43. The molecule has 2 aromatic rings. The van der Waals surface area contributed by atoms with Crippen LogP contribution in [0.4, 0.5) is 15.3 Å². The lowest BCUT2D eigenvalue weighted by atomic mass is 9.86. The first-order valence-corrected chi connectivity index (χ1v) is 15.3. The Balaban J connectivity index is 1.16. The number of hydrogen-bond acceptors (Lipinski definition) is 7. The lowest BCUT2D eigenvalue weighted by Crippen LogP contribution is -2.62. The van der Waals surface area contributed by atoms with Gasteiger partial charge in [0.2, 0.25) is 0 Å². The summed E-state index contributed by atoms with van der Waals surface area (Å²) in [5.74, 6) is -0.393. The Morgan fingerprint density at radius 3 is 2.45 bits per heavy atom. The molecule has 222 valence electrons. The van der Waals surface area contributed by atoms with E-state index in [-0.39, 0.29) is 35.8 Å². The first-order valence-electron chi connectivity index (χ1n) is 14.5. The summed E-state index contributed by atoms with van der Waals surface area (Å²) in [6.07, 6.45) is -0.258. The number of benzene rings is 2. The molecule has 4 heterocycles. The number of nitrogens with zero attached hydrogens (tertiary/aromatic N) is 2. The van der Waals surface area contributed by atoms with E-state index in [0.717, 1.165) is 29.8 Å². The quantitative estimate of drug-likeness (QED) is 0.428. The zero-order valence-electron chi connectivity index (χ0n) is 24.0. The number of ether oxygens (including phenoxy) is 1. The van der Waals surface area contributed by atoms with Crippen molar-refractivity contribution >= 4 is 35.5 Å².